The standard InChI is InChI=1S/C15H14N2O2/c18-17(19)14-10-16-13-9-5-4-8-12(13)15(14)11-6-2-1-3-7-11/h1-9,14-16H,10H2/t14-,15-/m1/s1. The van der Waals surface area contributed by atoms with Gasteiger partial charge in [-0.15, -0.1) is 0 Å². The van der Waals surface area contributed by atoms with Gasteiger partial charge in [-0.1, -0.05) is 48.5 Å². The van der Waals surface area contributed by atoms with Crippen molar-refractivity contribution in [2.75, 3.05) is 11.9 Å². The number of nitrogens with one attached hydrogen (secondary N) is 1. The molecule has 2 atom stereocenters. The smallest absolute Gasteiger partial charge is 0.240 e. The molecule has 3 rings (SSSR count). The summed E-state index contributed by atoms with van der Waals surface area (Å²) < 4.78 is 0. The molecule has 4 heteroatoms. The van der Waals surface area contributed by atoms with Crippen molar-refractivity contribution in [2.24, 2.45) is 0 Å². The number of benzene rings is 2. The normalized spacial score (nSPS) is 21.3. The van der Waals surface area contributed by atoms with Crippen LogP contribution in [0.5, 0.6) is 0 Å². The minimum Gasteiger partial charge on any atom is -0.378 e. The van der Waals surface area contributed by atoms with Gasteiger partial charge in [-0.2, -0.15) is 0 Å². The van der Waals surface area contributed by atoms with Crippen LogP contribution in [0.25, 0.3) is 0 Å². The fourth-order valence-corrected chi connectivity index (χ4v) is 2.73. The topological polar surface area (TPSA) is 55.2 Å². The van der Waals surface area contributed by atoms with Gasteiger partial charge < -0.3 is 5.32 Å². The zero-order valence-electron chi connectivity index (χ0n) is 10.3. The maximum Gasteiger partial charge on any atom is 0.240 e. The Balaban J connectivity index is 2.13. The molecule has 2 aromatic rings. The molecule has 0 unspecified atom stereocenters. The Morgan fingerprint density at radius 1 is 1.05 bits per heavy atom. The van der Waals surface area contributed by atoms with E-state index in [1.807, 2.05) is 54.6 Å². The summed E-state index contributed by atoms with van der Waals surface area (Å²) in [6, 6.07) is 16.9. The second-order valence-corrected chi connectivity index (χ2v) is 4.71. The Labute approximate surface area is 111 Å². The third-order valence-electron chi connectivity index (χ3n) is 3.61. The van der Waals surface area contributed by atoms with Crippen molar-refractivity contribution >= 4 is 5.69 Å². The van der Waals surface area contributed by atoms with Crippen LogP contribution in [0.15, 0.2) is 54.6 Å². The summed E-state index contributed by atoms with van der Waals surface area (Å²) in [5, 5.41) is 14.5. The van der Waals surface area contributed by atoms with Crippen LogP contribution in [-0.2, 0) is 0 Å². The Morgan fingerprint density at radius 2 is 1.74 bits per heavy atom. The first-order chi connectivity index (χ1) is 9.27. The van der Waals surface area contributed by atoms with Gasteiger partial charge in [-0.3, -0.25) is 10.1 Å². The van der Waals surface area contributed by atoms with E-state index >= 15 is 0 Å². The molecule has 0 spiro atoms. The predicted molar refractivity (Wildman–Crippen MR) is 74.0 cm³/mol. The molecule has 0 aliphatic carbocycles. The monoisotopic (exact) mass is 254 g/mol. The summed E-state index contributed by atoms with van der Waals surface area (Å²) >= 11 is 0. The molecule has 0 aromatic heterocycles. The highest BCUT2D eigenvalue weighted by Crippen LogP contribution is 2.37. The Kier molecular flexibility index (Phi) is 2.91. The van der Waals surface area contributed by atoms with Gasteiger partial charge in [0.1, 0.15) is 0 Å². The summed E-state index contributed by atoms with van der Waals surface area (Å²) in [6.07, 6.45) is 0. The molecule has 0 saturated heterocycles. The largest absolute Gasteiger partial charge is 0.378 e. The second kappa shape index (κ2) is 4.72. The molecule has 1 aliphatic rings. The first kappa shape index (κ1) is 11.7. The fourth-order valence-electron chi connectivity index (χ4n) is 2.73. The Morgan fingerprint density at radius 3 is 2.47 bits per heavy atom. The Bertz CT molecular complexity index is 598. The zero-order valence-corrected chi connectivity index (χ0v) is 10.3. The lowest BCUT2D eigenvalue weighted by Crippen LogP contribution is -2.39. The lowest BCUT2D eigenvalue weighted by molar-refractivity contribution is -0.521. The van der Waals surface area contributed by atoms with E-state index in [1.54, 1.807) is 0 Å². The fraction of sp³-hybridized carbons (Fsp3) is 0.200. The van der Waals surface area contributed by atoms with Gasteiger partial charge in [0.15, 0.2) is 0 Å². The molecule has 19 heavy (non-hydrogen) atoms. The van der Waals surface area contributed by atoms with Crippen molar-refractivity contribution in [1.82, 2.24) is 0 Å². The van der Waals surface area contributed by atoms with Crippen LogP contribution in [-0.4, -0.2) is 17.5 Å². The van der Waals surface area contributed by atoms with Crippen molar-refractivity contribution in [2.45, 2.75) is 12.0 Å². The van der Waals surface area contributed by atoms with Crippen molar-refractivity contribution < 1.29 is 4.92 Å². The average Bonchev–Trinajstić information content (AvgIpc) is 2.46. The number of rotatable bonds is 2. The van der Waals surface area contributed by atoms with E-state index in [-0.39, 0.29) is 10.8 Å². The van der Waals surface area contributed by atoms with Crippen LogP contribution in [0.1, 0.15) is 17.0 Å². The molecular weight excluding hydrogens is 240 g/mol. The number of nitrogens with zero attached hydrogens (tertiary/aromatic N) is 1. The minimum absolute atomic E-state index is 0.180. The van der Waals surface area contributed by atoms with E-state index in [2.05, 4.69) is 5.32 Å². The van der Waals surface area contributed by atoms with Gasteiger partial charge in [0, 0.05) is 10.6 Å². The first-order valence-corrected chi connectivity index (χ1v) is 6.28. The van der Waals surface area contributed by atoms with E-state index in [1.165, 1.54) is 0 Å². The number of hydrogen-bond acceptors (Lipinski definition) is 3. The molecule has 96 valence electrons. The highest BCUT2D eigenvalue weighted by Gasteiger charge is 2.38. The first-order valence-electron chi connectivity index (χ1n) is 6.28. The highest BCUT2D eigenvalue weighted by molar-refractivity contribution is 5.58. The van der Waals surface area contributed by atoms with E-state index in [4.69, 9.17) is 0 Å². The summed E-state index contributed by atoms with van der Waals surface area (Å²) in [5.74, 6) is -0.186. The number of nitro groups is 1. The molecule has 1 heterocycles. The van der Waals surface area contributed by atoms with Crippen LogP contribution in [0.4, 0.5) is 5.69 Å². The summed E-state index contributed by atoms with van der Waals surface area (Å²) in [7, 11) is 0. The minimum atomic E-state index is -0.628. The van der Waals surface area contributed by atoms with Gasteiger partial charge in [-0.05, 0) is 17.2 Å². The maximum atomic E-state index is 11.3. The van der Waals surface area contributed by atoms with Crippen LogP contribution < -0.4 is 5.32 Å². The molecule has 0 fully saturated rings. The third kappa shape index (κ3) is 2.05. The van der Waals surface area contributed by atoms with Crippen molar-refractivity contribution in [3.8, 4) is 0 Å². The van der Waals surface area contributed by atoms with Gasteiger partial charge >= 0.3 is 0 Å². The molecule has 4 nitrogen and oxygen atoms in total. The summed E-state index contributed by atoms with van der Waals surface area (Å²) in [5.41, 5.74) is 2.99. The van der Waals surface area contributed by atoms with Gasteiger partial charge in [-0.25, -0.2) is 0 Å². The molecular formula is C15H14N2O2. The molecule has 1 N–H and O–H groups in total. The lowest BCUT2D eigenvalue weighted by atomic mass is 9.82. The molecule has 0 radical (unpaired) electrons. The third-order valence-corrected chi connectivity index (χ3v) is 3.61. The SMILES string of the molecule is O=[N+]([O-])[C@@H]1CNc2ccccc2[C@H]1c1ccccc1. The second-order valence-electron chi connectivity index (χ2n) is 4.71. The Hall–Kier alpha value is -2.36. The van der Waals surface area contributed by atoms with E-state index < -0.39 is 6.04 Å². The van der Waals surface area contributed by atoms with E-state index in [0.717, 1.165) is 16.8 Å². The van der Waals surface area contributed by atoms with Crippen LogP contribution in [0, 0.1) is 10.1 Å². The van der Waals surface area contributed by atoms with Crippen LogP contribution in [0.2, 0.25) is 0 Å². The maximum absolute atomic E-state index is 11.3. The molecule has 1 aliphatic heterocycles. The molecule has 0 bridgehead atoms. The van der Waals surface area contributed by atoms with E-state index in [0.29, 0.717) is 6.54 Å². The van der Waals surface area contributed by atoms with Crippen molar-refractivity contribution in [3.63, 3.8) is 0 Å². The number of anilines is 1. The molecule has 2 aromatic carbocycles. The molecule has 0 amide bonds. The van der Waals surface area contributed by atoms with Gasteiger partial charge in [0.05, 0.1) is 12.5 Å². The highest BCUT2D eigenvalue weighted by atomic mass is 16.6. The van der Waals surface area contributed by atoms with Crippen LogP contribution >= 0.6 is 0 Å². The average molecular weight is 254 g/mol. The van der Waals surface area contributed by atoms with Gasteiger partial charge in [0.25, 0.3) is 0 Å². The quantitative estimate of drug-likeness (QED) is 0.662. The summed E-state index contributed by atoms with van der Waals surface area (Å²) in [4.78, 5) is 11.1. The predicted octanol–water partition coefficient (Wildman–Crippen LogP) is 2.89. The van der Waals surface area contributed by atoms with Gasteiger partial charge in [0.2, 0.25) is 6.04 Å². The summed E-state index contributed by atoms with van der Waals surface area (Å²) in [6.45, 7) is 0.365. The van der Waals surface area contributed by atoms with Crippen molar-refractivity contribution in [1.29, 1.82) is 0 Å². The number of fused-ring (bicyclic) bond motifs is 1. The van der Waals surface area contributed by atoms with Crippen LogP contribution in [0.3, 0.4) is 0 Å². The number of hydrogen-bond donors (Lipinski definition) is 1. The zero-order chi connectivity index (χ0) is 13.2. The lowest BCUT2D eigenvalue weighted by Gasteiger charge is -2.29. The number of para-hydroxylation sites is 1. The van der Waals surface area contributed by atoms with E-state index in [9.17, 15) is 10.1 Å². The molecule has 0 saturated carbocycles. The van der Waals surface area contributed by atoms with Crippen molar-refractivity contribution in [3.05, 3.63) is 75.8 Å².